The average molecular weight is 207 g/mol. The summed E-state index contributed by atoms with van der Waals surface area (Å²) in [6.07, 6.45) is 7.77. The van der Waals surface area contributed by atoms with Gasteiger partial charge in [0.2, 0.25) is 5.91 Å². The molecule has 1 saturated heterocycles. The zero-order valence-corrected chi connectivity index (χ0v) is 9.08. The molecule has 82 valence electrons. The minimum absolute atomic E-state index is 0.0398. The van der Waals surface area contributed by atoms with E-state index in [-0.39, 0.29) is 17.6 Å². The molecule has 1 heterocycles. The molecule has 0 aromatic carbocycles. The molecule has 1 aliphatic heterocycles. The van der Waals surface area contributed by atoms with E-state index in [1.54, 1.807) is 0 Å². The Balaban J connectivity index is 2.17. The fraction of sp³-hybridized carbons (Fsp3) is 0.667. The van der Waals surface area contributed by atoms with E-state index in [1.807, 2.05) is 6.08 Å². The van der Waals surface area contributed by atoms with Gasteiger partial charge in [0.15, 0.2) is 5.78 Å². The lowest BCUT2D eigenvalue weighted by molar-refractivity contribution is -0.127. The number of rotatable bonds is 3. The van der Waals surface area contributed by atoms with E-state index in [1.165, 1.54) is 0 Å². The highest BCUT2D eigenvalue weighted by atomic mass is 16.2. The summed E-state index contributed by atoms with van der Waals surface area (Å²) in [6, 6.07) is 0. The van der Waals surface area contributed by atoms with Crippen molar-refractivity contribution >= 4 is 11.7 Å². The van der Waals surface area contributed by atoms with E-state index in [4.69, 9.17) is 0 Å². The summed E-state index contributed by atoms with van der Waals surface area (Å²) in [7, 11) is 0. The second kappa shape index (κ2) is 3.80. The van der Waals surface area contributed by atoms with Gasteiger partial charge in [0.1, 0.15) is 5.54 Å². The van der Waals surface area contributed by atoms with Crippen LogP contribution in [0, 0.1) is 5.92 Å². The number of hydrogen-bond donors (Lipinski definition) is 1. The Kier molecular flexibility index (Phi) is 2.63. The van der Waals surface area contributed by atoms with Gasteiger partial charge in [-0.05, 0) is 25.2 Å². The number of amides is 1. The first kappa shape index (κ1) is 10.4. The van der Waals surface area contributed by atoms with Gasteiger partial charge in [-0.25, -0.2) is 0 Å². The van der Waals surface area contributed by atoms with Crippen LogP contribution in [0.25, 0.3) is 0 Å². The van der Waals surface area contributed by atoms with E-state index in [0.29, 0.717) is 19.3 Å². The van der Waals surface area contributed by atoms with Crippen molar-refractivity contribution in [1.29, 1.82) is 0 Å². The summed E-state index contributed by atoms with van der Waals surface area (Å²) < 4.78 is 0. The van der Waals surface area contributed by atoms with Gasteiger partial charge in [-0.1, -0.05) is 19.1 Å². The molecule has 1 N–H and O–H groups in total. The van der Waals surface area contributed by atoms with Crippen molar-refractivity contribution in [3.05, 3.63) is 12.2 Å². The Morgan fingerprint density at radius 3 is 3.00 bits per heavy atom. The largest absolute Gasteiger partial charge is 0.343 e. The first-order valence-corrected chi connectivity index (χ1v) is 5.68. The lowest BCUT2D eigenvalue weighted by Crippen LogP contribution is -2.48. The maximum atomic E-state index is 11.9. The molecule has 1 aliphatic carbocycles. The molecule has 2 fully saturated rings. The Bertz CT molecular complexity index is 322. The normalized spacial score (nSPS) is 34.9. The minimum atomic E-state index is -0.539. The number of carbonyl (C=O) groups is 2. The molecule has 2 atom stereocenters. The van der Waals surface area contributed by atoms with Crippen LogP contribution >= 0.6 is 0 Å². The monoisotopic (exact) mass is 207 g/mol. The highest BCUT2D eigenvalue weighted by Gasteiger charge is 2.54. The molecule has 2 rings (SSSR count). The zero-order chi connectivity index (χ0) is 10.9. The smallest absolute Gasteiger partial charge is 0.221 e. The molecule has 0 bridgehead atoms. The highest BCUT2D eigenvalue weighted by Crippen LogP contribution is 2.41. The number of fused-ring (bicyclic) bond motifs is 1. The van der Waals surface area contributed by atoms with Gasteiger partial charge in [0.25, 0.3) is 0 Å². The standard InChI is InChI=1S/C12H17NO2/c1-2-3-4-7-12-9(5-6-10(12)14)8-11(15)13-12/h3-4,9H,2,5-8H2,1H3,(H,13,15)/b4-3-/t9-,12?/m1/s1. The topological polar surface area (TPSA) is 46.2 Å². The summed E-state index contributed by atoms with van der Waals surface area (Å²) in [6.45, 7) is 2.06. The van der Waals surface area contributed by atoms with E-state index >= 15 is 0 Å². The molecule has 15 heavy (non-hydrogen) atoms. The molecule has 1 amide bonds. The van der Waals surface area contributed by atoms with Crippen molar-refractivity contribution in [2.45, 2.75) is 44.6 Å². The molecule has 0 aromatic heterocycles. The van der Waals surface area contributed by atoms with Crippen LogP contribution in [-0.2, 0) is 9.59 Å². The van der Waals surface area contributed by atoms with Gasteiger partial charge >= 0.3 is 0 Å². The fourth-order valence-corrected chi connectivity index (χ4v) is 2.74. The van der Waals surface area contributed by atoms with Crippen LogP contribution < -0.4 is 5.32 Å². The molecule has 1 saturated carbocycles. The second-order valence-electron chi connectivity index (χ2n) is 4.47. The van der Waals surface area contributed by atoms with E-state index in [0.717, 1.165) is 12.8 Å². The molecular weight excluding hydrogens is 190 g/mol. The van der Waals surface area contributed by atoms with Gasteiger partial charge in [-0.2, -0.15) is 0 Å². The molecular formula is C12H17NO2. The minimum Gasteiger partial charge on any atom is -0.343 e. The van der Waals surface area contributed by atoms with E-state index in [9.17, 15) is 9.59 Å². The number of allylic oxidation sites excluding steroid dienone is 1. The summed E-state index contributed by atoms with van der Waals surface area (Å²) in [4.78, 5) is 23.2. The summed E-state index contributed by atoms with van der Waals surface area (Å²) in [5.74, 6) is 0.496. The van der Waals surface area contributed by atoms with Crippen molar-refractivity contribution in [3.8, 4) is 0 Å². The third kappa shape index (κ3) is 1.60. The molecule has 0 radical (unpaired) electrons. The Labute approximate surface area is 89.9 Å². The SMILES string of the molecule is CC/C=C\CC12NC(=O)C[C@H]1CCC2=O. The predicted molar refractivity (Wildman–Crippen MR) is 57.3 cm³/mol. The Hall–Kier alpha value is -1.12. The van der Waals surface area contributed by atoms with Crippen LogP contribution in [0.15, 0.2) is 12.2 Å². The van der Waals surface area contributed by atoms with E-state index in [2.05, 4.69) is 18.3 Å². The van der Waals surface area contributed by atoms with Crippen LogP contribution in [0.5, 0.6) is 0 Å². The molecule has 3 nitrogen and oxygen atoms in total. The summed E-state index contributed by atoms with van der Waals surface area (Å²) in [5.41, 5.74) is -0.539. The molecule has 0 aromatic rings. The van der Waals surface area contributed by atoms with Gasteiger partial charge in [-0.15, -0.1) is 0 Å². The van der Waals surface area contributed by atoms with Crippen molar-refractivity contribution in [2.75, 3.05) is 0 Å². The summed E-state index contributed by atoms with van der Waals surface area (Å²) in [5, 5.41) is 2.90. The lowest BCUT2D eigenvalue weighted by Gasteiger charge is -2.25. The molecule has 0 spiro atoms. The van der Waals surface area contributed by atoms with Crippen LogP contribution in [-0.4, -0.2) is 17.2 Å². The maximum absolute atomic E-state index is 11.9. The number of ketones is 1. The van der Waals surface area contributed by atoms with Gasteiger partial charge in [0.05, 0.1) is 0 Å². The van der Waals surface area contributed by atoms with Crippen LogP contribution in [0.1, 0.15) is 39.0 Å². The molecule has 3 heteroatoms. The van der Waals surface area contributed by atoms with Crippen LogP contribution in [0.4, 0.5) is 0 Å². The van der Waals surface area contributed by atoms with Crippen molar-refractivity contribution in [1.82, 2.24) is 5.32 Å². The van der Waals surface area contributed by atoms with Crippen molar-refractivity contribution < 1.29 is 9.59 Å². The third-order valence-corrected chi connectivity index (χ3v) is 3.55. The Morgan fingerprint density at radius 2 is 2.27 bits per heavy atom. The predicted octanol–water partition coefficient (Wildman–Crippen LogP) is 1.58. The first-order valence-electron chi connectivity index (χ1n) is 5.68. The van der Waals surface area contributed by atoms with Gasteiger partial charge < -0.3 is 5.32 Å². The van der Waals surface area contributed by atoms with Crippen molar-refractivity contribution in [2.24, 2.45) is 5.92 Å². The van der Waals surface area contributed by atoms with Gasteiger partial charge in [-0.3, -0.25) is 9.59 Å². The number of hydrogen-bond acceptors (Lipinski definition) is 2. The third-order valence-electron chi connectivity index (χ3n) is 3.55. The summed E-state index contributed by atoms with van der Waals surface area (Å²) >= 11 is 0. The molecule has 1 unspecified atom stereocenters. The van der Waals surface area contributed by atoms with E-state index < -0.39 is 5.54 Å². The van der Waals surface area contributed by atoms with Crippen LogP contribution in [0.2, 0.25) is 0 Å². The number of nitrogens with one attached hydrogen (secondary N) is 1. The Morgan fingerprint density at radius 1 is 1.47 bits per heavy atom. The van der Waals surface area contributed by atoms with Crippen LogP contribution in [0.3, 0.4) is 0 Å². The average Bonchev–Trinajstić information content (AvgIpc) is 2.65. The van der Waals surface area contributed by atoms with Crippen molar-refractivity contribution in [3.63, 3.8) is 0 Å². The maximum Gasteiger partial charge on any atom is 0.221 e. The fourth-order valence-electron chi connectivity index (χ4n) is 2.74. The quantitative estimate of drug-likeness (QED) is 0.714. The first-order chi connectivity index (χ1) is 7.19. The highest BCUT2D eigenvalue weighted by molar-refractivity contribution is 5.98. The zero-order valence-electron chi connectivity index (χ0n) is 9.08. The second-order valence-corrected chi connectivity index (χ2v) is 4.47. The lowest BCUT2D eigenvalue weighted by atomic mass is 9.85. The number of carbonyl (C=O) groups excluding carboxylic acids is 2. The molecule has 2 aliphatic rings. The number of Topliss-reactive ketones (excluding diaryl/α,β-unsaturated/α-hetero) is 1. The van der Waals surface area contributed by atoms with Gasteiger partial charge in [0, 0.05) is 12.8 Å².